The van der Waals surface area contributed by atoms with Crippen LogP contribution < -0.4 is 10.1 Å². The number of likely N-dealkylation sites (tertiary alicyclic amines) is 1. The highest BCUT2D eigenvalue weighted by molar-refractivity contribution is 5.92. The normalized spacial score (nSPS) is 16.8. The maximum Gasteiger partial charge on any atom is 0.238 e. The summed E-state index contributed by atoms with van der Waals surface area (Å²) in [4.78, 5) is 18.5. The molecule has 2 aromatic carbocycles. The first-order chi connectivity index (χ1) is 13.7. The smallest absolute Gasteiger partial charge is 0.238 e. The van der Waals surface area contributed by atoms with Crippen LogP contribution in [-0.4, -0.2) is 45.2 Å². The molecular formula is C21H23N5O2. The summed E-state index contributed by atoms with van der Waals surface area (Å²) >= 11 is 0. The fourth-order valence-corrected chi connectivity index (χ4v) is 3.40. The lowest BCUT2D eigenvalue weighted by Crippen LogP contribution is -2.31. The summed E-state index contributed by atoms with van der Waals surface area (Å²) in [6.07, 6.45) is 4.25. The van der Waals surface area contributed by atoms with E-state index in [9.17, 15) is 4.79 Å². The van der Waals surface area contributed by atoms with Gasteiger partial charge in [0, 0.05) is 18.8 Å². The zero-order chi connectivity index (χ0) is 19.3. The van der Waals surface area contributed by atoms with Crippen LogP contribution >= 0.6 is 0 Å². The molecule has 0 saturated carbocycles. The number of aryl methyl sites for hydroxylation is 1. The minimum atomic E-state index is -0.0217. The van der Waals surface area contributed by atoms with Crippen LogP contribution in [0.2, 0.25) is 0 Å². The molecule has 7 nitrogen and oxygen atoms in total. The second kappa shape index (κ2) is 8.22. The molecule has 1 atom stereocenters. The summed E-state index contributed by atoms with van der Waals surface area (Å²) in [6.45, 7) is 4.08. The van der Waals surface area contributed by atoms with Crippen LogP contribution in [-0.2, 0) is 4.79 Å². The van der Waals surface area contributed by atoms with Crippen molar-refractivity contribution in [2.45, 2.75) is 19.4 Å². The number of benzene rings is 2. The molecule has 1 fully saturated rings. The quantitative estimate of drug-likeness (QED) is 0.714. The van der Waals surface area contributed by atoms with Gasteiger partial charge in [-0.15, -0.1) is 0 Å². The zero-order valence-electron chi connectivity index (χ0n) is 15.8. The third-order valence-corrected chi connectivity index (χ3v) is 4.79. The number of carbonyl (C=O) groups excluding carboxylic acids is 1. The van der Waals surface area contributed by atoms with Gasteiger partial charge >= 0.3 is 0 Å². The molecule has 1 aliphatic heterocycles. The van der Waals surface area contributed by atoms with E-state index in [0.29, 0.717) is 6.54 Å². The van der Waals surface area contributed by atoms with Crippen molar-refractivity contribution in [3.63, 3.8) is 0 Å². The first-order valence-corrected chi connectivity index (χ1v) is 9.36. The van der Waals surface area contributed by atoms with E-state index in [0.717, 1.165) is 42.3 Å². The lowest BCUT2D eigenvalue weighted by Gasteiger charge is -2.16. The second-order valence-corrected chi connectivity index (χ2v) is 7.04. The lowest BCUT2D eigenvalue weighted by atomic mass is 10.2. The van der Waals surface area contributed by atoms with Gasteiger partial charge in [0.2, 0.25) is 5.91 Å². The Morgan fingerprint density at radius 2 is 2.07 bits per heavy atom. The maximum atomic E-state index is 12.4. The van der Waals surface area contributed by atoms with E-state index in [1.165, 1.54) is 0 Å². The van der Waals surface area contributed by atoms with E-state index in [4.69, 9.17) is 4.74 Å². The maximum absolute atomic E-state index is 12.4. The van der Waals surface area contributed by atoms with Crippen molar-refractivity contribution < 1.29 is 9.53 Å². The van der Waals surface area contributed by atoms with Crippen LogP contribution in [0.25, 0.3) is 0 Å². The summed E-state index contributed by atoms with van der Waals surface area (Å²) < 4.78 is 7.71. The van der Waals surface area contributed by atoms with Crippen molar-refractivity contribution in [2.75, 3.05) is 25.0 Å². The summed E-state index contributed by atoms with van der Waals surface area (Å²) in [5.41, 5.74) is 1.91. The number of aromatic nitrogens is 3. The van der Waals surface area contributed by atoms with Crippen molar-refractivity contribution in [1.29, 1.82) is 0 Å². The number of anilines is 1. The van der Waals surface area contributed by atoms with Crippen molar-refractivity contribution >= 4 is 11.6 Å². The molecule has 0 aliphatic carbocycles. The Morgan fingerprint density at radius 1 is 1.21 bits per heavy atom. The highest BCUT2D eigenvalue weighted by atomic mass is 16.5. The Labute approximate surface area is 164 Å². The minimum absolute atomic E-state index is 0.0217. The van der Waals surface area contributed by atoms with Crippen molar-refractivity contribution in [3.05, 3.63) is 66.7 Å². The SMILES string of the molecule is Cc1cccc(Oc2ccc(NC(=O)CN3CC[C@H](n4cncn4)C3)cc2)c1. The minimum Gasteiger partial charge on any atom is -0.457 e. The molecule has 1 amide bonds. The zero-order valence-corrected chi connectivity index (χ0v) is 15.8. The van der Waals surface area contributed by atoms with Crippen LogP contribution in [0.15, 0.2) is 61.2 Å². The van der Waals surface area contributed by atoms with E-state index in [-0.39, 0.29) is 11.9 Å². The van der Waals surface area contributed by atoms with Gasteiger partial charge in [0.15, 0.2) is 0 Å². The predicted molar refractivity (Wildman–Crippen MR) is 106 cm³/mol. The fraction of sp³-hybridized carbons (Fsp3) is 0.286. The van der Waals surface area contributed by atoms with Crippen LogP contribution in [0.4, 0.5) is 5.69 Å². The summed E-state index contributed by atoms with van der Waals surface area (Å²) in [5, 5.41) is 7.14. The Hall–Kier alpha value is -3.19. The standard InChI is InChI=1S/C21H23N5O2/c1-16-3-2-4-20(11-16)28-19-7-5-17(6-8-19)24-21(27)13-25-10-9-18(12-25)26-15-22-14-23-26/h2-8,11,14-15,18H,9-10,12-13H2,1H3,(H,24,27)/t18-/m0/s1. The molecule has 7 heteroatoms. The number of amides is 1. The second-order valence-electron chi connectivity index (χ2n) is 7.04. The molecule has 1 aliphatic rings. The van der Waals surface area contributed by atoms with Crippen LogP contribution in [0.5, 0.6) is 11.5 Å². The molecule has 144 valence electrons. The number of hydrogen-bond acceptors (Lipinski definition) is 5. The van der Waals surface area contributed by atoms with Gasteiger partial charge < -0.3 is 10.1 Å². The van der Waals surface area contributed by atoms with Crippen molar-refractivity contribution in [1.82, 2.24) is 19.7 Å². The number of carbonyl (C=O) groups is 1. The van der Waals surface area contributed by atoms with E-state index in [2.05, 4.69) is 20.3 Å². The van der Waals surface area contributed by atoms with Gasteiger partial charge in [-0.2, -0.15) is 5.10 Å². The van der Waals surface area contributed by atoms with Gasteiger partial charge in [0.25, 0.3) is 0 Å². The molecule has 1 N–H and O–H groups in total. The molecule has 28 heavy (non-hydrogen) atoms. The fourth-order valence-electron chi connectivity index (χ4n) is 3.40. The van der Waals surface area contributed by atoms with Gasteiger partial charge in [0.05, 0.1) is 12.6 Å². The summed E-state index contributed by atoms with van der Waals surface area (Å²) in [6, 6.07) is 15.6. The van der Waals surface area contributed by atoms with E-state index < -0.39 is 0 Å². The first-order valence-electron chi connectivity index (χ1n) is 9.36. The average molecular weight is 377 g/mol. The monoisotopic (exact) mass is 377 g/mol. The molecule has 0 radical (unpaired) electrons. The molecule has 0 unspecified atom stereocenters. The Balaban J connectivity index is 1.28. The van der Waals surface area contributed by atoms with E-state index in [1.54, 1.807) is 12.7 Å². The Morgan fingerprint density at radius 3 is 2.82 bits per heavy atom. The molecule has 3 aromatic rings. The number of nitrogens with zero attached hydrogens (tertiary/aromatic N) is 4. The molecule has 0 bridgehead atoms. The molecule has 0 spiro atoms. The lowest BCUT2D eigenvalue weighted by molar-refractivity contribution is -0.117. The Bertz CT molecular complexity index is 924. The van der Waals surface area contributed by atoms with Gasteiger partial charge in [-0.1, -0.05) is 12.1 Å². The third-order valence-electron chi connectivity index (χ3n) is 4.79. The molecule has 1 aromatic heterocycles. The number of hydrogen-bond donors (Lipinski definition) is 1. The third kappa shape index (κ3) is 4.55. The largest absolute Gasteiger partial charge is 0.457 e. The summed E-state index contributed by atoms with van der Waals surface area (Å²) in [7, 11) is 0. The van der Waals surface area contributed by atoms with Crippen LogP contribution in [0, 0.1) is 6.92 Å². The number of ether oxygens (including phenoxy) is 1. The Kier molecular flexibility index (Phi) is 5.34. The predicted octanol–water partition coefficient (Wildman–Crippen LogP) is 3.26. The molecule has 4 rings (SSSR count). The van der Waals surface area contributed by atoms with E-state index >= 15 is 0 Å². The van der Waals surface area contributed by atoms with Crippen LogP contribution in [0.3, 0.4) is 0 Å². The first kappa shape index (κ1) is 18.2. The van der Waals surface area contributed by atoms with E-state index in [1.807, 2.05) is 60.1 Å². The average Bonchev–Trinajstić information content (AvgIpc) is 3.35. The molecule has 1 saturated heterocycles. The van der Waals surface area contributed by atoms with Gasteiger partial charge in [-0.05, 0) is 55.3 Å². The van der Waals surface area contributed by atoms with Gasteiger partial charge in [-0.3, -0.25) is 9.69 Å². The van der Waals surface area contributed by atoms with Gasteiger partial charge in [-0.25, -0.2) is 9.67 Å². The highest BCUT2D eigenvalue weighted by Crippen LogP contribution is 2.24. The summed E-state index contributed by atoms with van der Waals surface area (Å²) in [5.74, 6) is 1.51. The number of nitrogens with one attached hydrogen (secondary N) is 1. The van der Waals surface area contributed by atoms with Crippen LogP contribution in [0.1, 0.15) is 18.0 Å². The van der Waals surface area contributed by atoms with Gasteiger partial charge in [0.1, 0.15) is 24.2 Å². The molecular weight excluding hydrogens is 354 g/mol. The van der Waals surface area contributed by atoms with Crippen molar-refractivity contribution in [3.8, 4) is 11.5 Å². The van der Waals surface area contributed by atoms with Crippen molar-refractivity contribution in [2.24, 2.45) is 0 Å². The number of rotatable bonds is 6. The topological polar surface area (TPSA) is 72.3 Å². The molecule has 2 heterocycles. The highest BCUT2D eigenvalue weighted by Gasteiger charge is 2.25.